The van der Waals surface area contributed by atoms with Crippen molar-refractivity contribution >= 4 is 11.0 Å². The molecule has 0 fully saturated rings. The summed E-state index contributed by atoms with van der Waals surface area (Å²) >= 11 is 0. The van der Waals surface area contributed by atoms with E-state index in [9.17, 15) is 5.11 Å². The number of aliphatic hydroxyl groups is 2. The summed E-state index contributed by atoms with van der Waals surface area (Å²) in [4.78, 5) is 4.34. The molecular formula is C13H19N3O2. The van der Waals surface area contributed by atoms with E-state index in [1.165, 1.54) is 0 Å². The molecule has 2 aromatic heterocycles. The van der Waals surface area contributed by atoms with Crippen molar-refractivity contribution in [2.45, 2.75) is 26.1 Å². The first kappa shape index (κ1) is 13.0. The first-order valence-corrected chi connectivity index (χ1v) is 6.18. The molecule has 5 nitrogen and oxygen atoms in total. The normalized spacial score (nSPS) is 13.1. The summed E-state index contributed by atoms with van der Waals surface area (Å²) in [5.41, 5.74) is 2.00. The molecular weight excluding hydrogens is 230 g/mol. The number of hydrogen-bond acceptors (Lipinski definition) is 4. The van der Waals surface area contributed by atoms with Gasteiger partial charge in [-0.1, -0.05) is 6.92 Å². The van der Waals surface area contributed by atoms with E-state index < -0.39 is 6.10 Å². The lowest BCUT2D eigenvalue weighted by atomic mass is 10.2. The standard InChI is InChI=1S/C13H19N3O2/c1-2-14-6-10-7-16(8-11(18)9-17)13-12(10)4-3-5-15-13/h3-5,7,11,14,17-18H,2,6,8-9H2,1H3. The van der Waals surface area contributed by atoms with E-state index >= 15 is 0 Å². The van der Waals surface area contributed by atoms with E-state index in [1.807, 2.05) is 22.9 Å². The van der Waals surface area contributed by atoms with Gasteiger partial charge in [-0.2, -0.15) is 0 Å². The lowest BCUT2D eigenvalue weighted by Gasteiger charge is -2.08. The third-order valence-electron chi connectivity index (χ3n) is 2.90. The van der Waals surface area contributed by atoms with Gasteiger partial charge in [-0.05, 0) is 24.2 Å². The van der Waals surface area contributed by atoms with Crippen molar-refractivity contribution in [2.24, 2.45) is 0 Å². The molecule has 18 heavy (non-hydrogen) atoms. The summed E-state index contributed by atoms with van der Waals surface area (Å²) in [6.45, 7) is 3.87. The molecule has 2 rings (SSSR count). The van der Waals surface area contributed by atoms with Crippen LogP contribution in [0.25, 0.3) is 11.0 Å². The number of rotatable bonds is 6. The molecule has 0 radical (unpaired) electrons. The fraction of sp³-hybridized carbons (Fsp3) is 0.462. The molecule has 98 valence electrons. The highest BCUT2D eigenvalue weighted by Crippen LogP contribution is 2.19. The maximum absolute atomic E-state index is 9.54. The SMILES string of the molecule is CCNCc1cn(CC(O)CO)c2ncccc12. The molecule has 0 saturated carbocycles. The zero-order chi connectivity index (χ0) is 13.0. The number of pyridine rings is 1. The van der Waals surface area contributed by atoms with Gasteiger partial charge in [-0.15, -0.1) is 0 Å². The van der Waals surface area contributed by atoms with E-state index in [0.29, 0.717) is 6.54 Å². The van der Waals surface area contributed by atoms with Crippen LogP contribution in [0.4, 0.5) is 0 Å². The van der Waals surface area contributed by atoms with E-state index in [-0.39, 0.29) is 6.61 Å². The summed E-state index contributed by atoms with van der Waals surface area (Å²) in [5, 5.41) is 22.8. The molecule has 0 aromatic carbocycles. The lowest BCUT2D eigenvalue weighted by molar-refractivity contribution is 0.0821. The Bertz CT molecular complexity index is 510. The number of aliphatic hydroxyl groups excluding tert-OH is 2. The second-order valence-electron chi connectivity index (χ2n) is 4.30. The first-order chi connectivity index (χ1) is 8.76. The molecule has 5 heteroatoms. The Hall–Kier alpha value is -1.43. The number of nitrogens with zero attached hydrogens (tertiary/aromatic N) is 2. The molecule has 2 heterocycles. The molecule has 1 unspecified atom stereocenters. The monoisotopic (exact) mass is 249 g/mol. The van der Waals surface area contributed by atoms with Crippen molar-refractivity contribution in [3.05, 3.63) is 30.1 Å². The van der Waals surface area contributed by atoms with Crippen LogP contribution in [0.3, 0.4) is 0 Å². The molecule has 0 aliphatic carbocycles. The Kier molecular flexibility index (Phi) is 4.30. The summed E-state index contributed by atoms with van der Waals surface area (Å²) in [6, 6.07) is 3.93. The molecule has 0 amide bonds. The van der Waals surface area contributed by atoms with Crippen molar-refractivity contribution in [2.75, 3.05) is 13.2 Å². The molecule has 0 aliphatic rings. The van der Waals surface area contributed by atoms with E-state index in [1.54, 1.807) is 6.20 Å². The minimum Gasteiger partial charge on any atom is -0.394 e. The summed E-state index contributed by atoms with van der Waals surface area (Å²) < 4.78 is 1.89. The molecule has 0 aliphatic heterocycles. The number of fused-ring (bicyclic) bond motifs is 1. The molecule has 0 spiro atoms. The fourth-order valence-corrected chi connectivity index (χ4v) is 2.02. The van der Waals surface area contributed by atoms with Crippen LogP contribution in [0.5, 0.6) is 0 Å². The van der Waals surface area contributed by atoms with Gasteiger partial charge in [0.2, 0.25) is 0 Å². The van der Waals surface area contributed by atoms with Gasteiger partial charge in [0.1, 0.15) is 5.65 Å². The van der Waals surface area contributed by atoms with Gasteiger partial charge in [-0.25, -0.2) is 4.98 Å². The predicted octanol–water partition coefficient (Wildman–Crippen LogP) is 0.499. The van der Waals surface area contributed by atoms with E-state index in [0.717, 1.165) is 29.7 Å². The summed E-state index contributed by atoms with van der Waals surface area (Å²) in [6.07, 6.45) is 2.97. The zero-order valence-electron chi connectivity index (χ0n) is 10.5. The van der Waals surface area contributed by atoms with Gasteiger partial charge >= 0.3 is 0 Å². The van der Waals surface area contributed by atoms with Crippen molar-refractivity contribution in [3.63, 3.8) is 0 Å². The Balaban J connectivity index is 2.34. The van der Waals surface area contributed by atoms with Crippen molar-refractivity contribution in [1.82, 2.24) is 14.9 Å². The van der Waals surface area contributed by atoms with Gasteiger partial charge < -0.3 is 20.1 Å². The number of hydrogen-bond donors (Lipinski definition) is 3. The van der Waals surface area contributed by atoms with Gasteiger partial charge in [0.15, 0.2) is 0 Å². The number of nitrogens with one attached hydrogen (secondary N) is 1. The van der Waals surface area contributed by atoms with Crippen molar-refractivity contribution in [3.8, 4) is 0 Å². The van der Waals surface area contributed by atoms with Crippen molar-refractivity contribution < 1.29 is 10.2 Å². The highest BCUT2D eigenvalue weighted by Gasteiger charge is 2.11. The Morgan fingerprint density at radius 3 is 3.06 bits per heavy atom. The smallest absolute Gasteiger partial charge is 0.140 e. The van der Waals surface area contributed by atoms with E-state index in [4.69, 9.17) is 5.11 Å². The van der Waals surface area contributed by atoms with Gasteiger partial charge in [-0.3, -0.25) is 0 Å². The quantitative estimate of drug-likeness (QED) is 0.697. The minimum atomic E-state index is -0.755. The van der Waals surface area contributed by atoms with Crippen LogP contribution in [-0.4, -0.2) is 39.0 Å². The fourth-order valence-electron chi connectivity index (χ4n) is 2.02. The van der Waals surface area contributed by atoms with Gasteiger partial charge in [0.25, 0.3) is 0 Å². The number of aromatic nitrogens is 2. The summed E-state index contributed by atoms with van der Waals surface area (Å²) in [7, 11) is 0. The van der Waals surface area contributed by atoms with Crippen LogP contribution in [0.1, 0.15) is 12.5 Å². The maximum Gasteiger partial charge on any atom is 0.140 e. The Morgan fingerprint density at radius 1 is 1.50 bits per heavy atom. The molecule has 2 aromatic rings. The zero-order valence-corrected chi connectivity index (χ0v) is 10.5. The van der Waals surface area contributed by atoms with Gasteiger partial charge in [0, 0.05) is 24.3 Å². The highest BCUT2D eigenvalue weighted by atomic mass is 16.3. The van der Waals surface area contributed by atoms with Crippen LogP contribution in [0.15, 0.2) is 24.5 Å². The average Bonchev–Trinajstić information content (AvgIpc) is 2.75. The van der Waals surface area contributed by atoms with Crippen LogP contribution in [-0.2, 0) is 13.1 Å². The van der Waals surface area contributed by atoms with Crippen LogP contribution in [0.2, 0.25) is 0 Å². The third kappa shape index (κ3) is 2.69. The first-order valence-electron chi connectivity index (χ1n) is 6.18. The van der Waals surface area contributed by atoms with Gasteiger partial charge in [0.05, 0.1) is 19.3 Å². The maximum atomic E-state index is 9.54. The summed E-state index contributed by atoms with van der Waals surface area (Å²) in [5.74, 6) is 0. The second-order valence-corrected chi connectivity index (χ2v) is 4.30. The van der Waals surface area contributed by atoms with Crippen LogP contribution >= 0.6 is 0 Å². The van der Waals surface area contributed by atoms with Crippen molar-refractivity contribution in [1.29, 1.82) is 0 Å². The average molecular weight is 249 g/mol. The topological polar surface area (TPSA) is 70.3 Å². The van der Waals surface area contributed by atoms with E-state index in [2.05, 4.69) is 17.2 Å². The lowest BCUT2D eigenvalue weighted by Crippen LogP contribution is -2.19. The second kappa shape index (κ2) is 5.95. The predicted molar refractivity (Wildman–Crippen MR) is 70.2 cm³/mol. The minimum absolute atomic E-state index is 0.241. The largest absolute Gasteiger partial charge is 0.394 e. The Labute approximate surface area is 106 Å². The molecule has 3 N–H and O–H groups in total. The Morgan fingerprint density at radius 2 is 2.33 bits per heavy atom. The highest BCUT2D eigenvalue weighted by molar-refractivity contribution is 5.80. The third-order valence-corrected chi connectivity index (χ3v) is 2.90. The molecule has 0 saturated heterocycles. The molecule has 1 atom stereocenters. The molecule has 0 bridgehead atoms. The van der Waals surface area contributed by atoms with Crippen LogP contribution < -0.4 is 5.32 Å². The van der Waals surface area contributed by atoms with Crippen LogP contribution in [0, 0.1) is 0 Å².